The highest BCUT2D eigenvalue weighted by Crippen LogP contribution is 2.28. The fraction of sp³-hybridized carbons (Fsp3) is 0.600. The summed E-state index contributed by atoms with van der Waals surface area (Å²) in [4.78, 5) is 0. The molecule has 112 valence electrons. The van der Waals surface area contributed by atoms with E-state index in [1.54, 1.807) is 24.3 Å². The highest BCUT2D eigenvalue weighted by atomic mass is 32.2. The lowest BCUT2D eigenvalue weighted by Gasteiger charge is -2.10. The Hall–Kier alpha value is -1.07. The number of nitrogens with two attached hydrogens (primary N) is 1. The third-order valence-corrected chi connectivity index (χ3v) is 5.32. The van der Waals surface area contributed by atoms with Crippen LogP contribution in [0.15, 0.2) is 24.3 Å². The van der Waals surface area contributed by atoms with Crippen LogP contribution in [0, 0.1) is 5.92 Å². The van der Waals surface area contributed by atoms with Crippen LogP contribution in [0.4, 0.5) is 5.69 Å². The fourth-order valence-corrected chi connectivity index (χ4v) is 4.07. The van der Waals surface area contributed by atoms with Crippen molar-refractivity contribution in [3.63, 3.8) is 0 Å². The SMILES string of the molecule is Nc1ccccc1CS(=O)(=O)NCCCC1CCCC1. The van der Waals surface area contributed by atoms with Gasteiger partial charge in [-0.25, -0.2) is 13.1 Å². The largest absolute Gasteiger partial charge is 0.398 e. The summed E-state index contributed by atoms with van der Waals surface area (Å²) in [5.74, 6) is 0.771. The molecule has 1 aromatic rings. The first-order valence-electron chi connectivity index (χ1n) is 7.37. The number of anilines is 1. The second-order valence-electron chi connectivity index (χ2n) is 5.64. The quantitative estimate of drug-likeness (QED) is 0.600. The molecule has 5 heteroatoms. The van der Waals surface area contributed by atoms with Crippen molar-refractivity contribution in [3.8, 4) is 0 Å². The molecule has 0 bridgehead atoms. The van der Waals surface area contributed by atoms with E-state index in [-0.39, 0.29) is 5.75 Å². The minimum absolute atomic E-state index is 0.0386. The average Bonchev–Trinajstić information content (AvgIpc) is 2.90. The van der Waals surface area contributed by atoms with Gasteiger partial charge in [-0.2, -0.15) is 0 Å². The number of para-hydroxylation sites is 1. The summed E-state index contributed by atoms with van der Waals surface area (Å²) in [6.45, 7) is 0.533. The third-order valence-electron chi connectivity index (χ3n) is 3.99. The van der Waals surface area contributed by atoms with Crippen LogP contribution in [0.3, 0.4) is 0 Å². The van der Waals surface area contributed by atoms with Gasteiger partial charge in [0.1, 0.15) is 0 Å². The summed E-state index contributed by atoms with van der Waals surface area (Å²) in [7, 11) is -3.28. The summed E-state index contributed by atoms with van der Waals surface area (Å²) in [5, 5.41) is 0. The smallest absolute Gasteiger partial charge is 0.215 e. The maximum Gasteiger partial charge on any atom is 0.215 e. The van der Waals surface area contributed by atoms with Crippen LogP contribution < -0.4 is 10.5 Å². The Morgan fingerprint density at radius 3 is 2.60 bits per heavy atom. The van der Waals surface area contributed by atoms with Crippen LogP contribution in [0.25, 0.3) is 0 Å². The molecule has 0 amide bonds. The number of hydrogen-bond donors (Lipinski definition) is 2. The molecule has 2 rings (SSSR count). The molecule has 3 N–H and O–H groups in total. The van der Waals surface area contributed by atoms with E-state index < -0.39 is 10.0 Å². The zero-order valence-electron chi connectivity index (χ0n) is 11.8. The molecule has 0 saturated heterocycles. The van der Waals surface area contributed by atoms with Crippen molar-refractivity contribution in [1.29, 1.82) is 0 Å². The number of sulfonamides is 1. The van der Waals surface area contributed by atoms with E-state index in [0.717, 1.165) is 18.8 Å². The molecule has 1 aliphatic rings. The Labute approximate surface area is 121 Å². The first-order valence-corrected chi connectivity index (χ1v) is 9.03. The molecule has 0 aromatic heterocycles. The Bertz CT molecular complexity index is 522. The van der Waals surface area contributed by atoms with Crippen molar-refractivity contribution in [2.45, 2.75) is 44.3 Å². The second-order valence-corrected chi connectivity index (χ2v) is 7.45. The van der Waals surface area contributed by atoms with Crippen LogP contribution in [0.1, 0.15) is 44.1 Å². The van der Waals surface area contributed by atoms with Gasteiger partial charge >= 0.3 is 0 Å². The molecule has 0 radical (unpaired) electrons. The molecule has 1 aliphatic carbocycles. The summed E-state index contributed by atoms with van der Waals surface area (Å²) < 4.78 is 26.6. The monoisotopic (exact) mass is 296 g/mol. The van der Waals surface area contributed by atoms with Crippen molar-refractivity contribution < 1.29 is 8.42 Å². The van der Waals surface area contributed by atoms with Gasteiger partial charge in [-0.3, -0.25) is 0 Å². The molecule has 0 unspecified atom stereocenters. The lowest BCUT2D eigenvalue weighted by molar-refractivity contribution is 0.480. The lowest BCUT2D eigenvalue weighted by atomic mass is 10.0. The van der Waals surface area contributed by atoms with E-state index in [2.05, 4.69) is 4.72 Å². The predicted molar refractivity (Wildman–Crippen MR) is 82.7 cm³/mol. The topological polar surface area (TPSA) is 72.2 Å². The Balaban J connectivity index is 1.75. The van der Waals surface area contributed by atoms with Gasteiger partial charge < -0.3 is 5.73 Å². The number of rotatable bonds is 7. The van der Waals surface area contributed by atoms with Gasteiger partial charge in [-0.15, -0.1) is 0 Å². The number of benzene rings is 1. The molecule has 1 fully saturated rings. The first kappa shape index (κ1) is 15.3. The van der Waals surface area contributed by atoms with Crippen LogP contribution in [-0.2, 0) is 15.8 Å². The molecule has 1 aromatic carbocycles. The molecular weight excluding hydrogens is 272 g/mol. The molecule has 20 heavy (non-hydrogen) atoms. The molecule has 0 spiro atoms. The van der Waals surface area contributed by atoms with Crippen LogP contribution >= 0.6 is 0 Å². The molecule has 0 aliphatic heterocycles. The van der Waals surface area contributed by atoms with Crippen molar-refractivity contribution in [1.82, 2.24) is 4.72 Å². The first-order chi connectivity index (χ1) is 9.57. The van der Waals surface area contributed by atoms with E-state index >= 15 is 0 Å². The number of nitrogen functional groups attached to an aromatic ring is 1. The third kappa shape index (κ3) is 4.80. The van der Waals surface area contributed by atoms with Gasteiger partial charge in [0.15, 0.2) is 0 Å². The molecule has 1 saturated carbocycles. The molecule has 4 nitrogen and oxygen atoms in total. The van der Waals surface area contributed by atoms with Crippen LogP contribution in [0.2, 0.25) is 0 Å². The van der Waals surface area contributed by atoms with Crippen molar-refractivity contribution in [2.24, 2.45) is 5.92 Å². The summed E-state index contributed by atoms with van der Waals surface area (Å²) >= 11 is 0. The van der Waals surface area contributed by atoms with E-state index in [0.29, 0.717) is 17.8 Å². The van der Waals surface area contributed by atoms with Gasteiger partial charge in [-0.05, 0) is 30.4 Å². The van der Waals surface area contributed by atoms with Gasteiger partial charge in [-0.1, -0.05) is 43.9 Å². The van der Waals surface area contributed by atoms with Gasteiger partial charge in [0.2, 0.25) is 10.0 Å². The Morgan fingerprint density at radius 2 is 1.90 bits per heavy atom. The van der Waals surface area contributed by atoms with E-state index in [1.807, 2.05) is 0 Å². The van der Waals surface area contributed by atoms with Crippen molar-refractivity contribution in [3.05, 3.63) is 29.8 Å². The zero-order valence-corrected chi connectivity index (χ0v) is 12.7. The maximum atomic E-state index is 12.0. The Morgan fingerprint density at radius 1 is 1.20 bits per heavy atom. The van der Waals surface area contributed by atoms with Crippen LogP contribution in [0.5, 0.6) is 0 Å². The minimum atomic E-state index is -3.28. The van der Waals surface area contributed by atoms with Gasteiger partial charge in [0.25, 0.3) is 0 Å². The molecular formula is C15H24N2O2S. The maximum absolute atomic E-state index is 12.0. The normalized spacial score (nSPS) is 16.6. The summed E-state index contributed by atoms with van der Waals surface area (Å²) in [6.07, 6.45) is 7.36. The lowest BCUT2D eigenvalue weighted by Crippen LogP contribution is -2.26. The zero-order chi connectivity index (χ0) is 14.4. The molecule has 0 heterocycles. The summed E-state index contributed by atoms with van der Waals surface area (Å²) in [6, 6.07) is 7.10. The molecule has 0 atom stereocenters. The van der Waals surface area contributed by atoms with Gasteiger partial charge in [0.05, 0.1) is 5.75 Å². The van der Waals surface area contributed by atoms with Crippen molar-refractivity contribution in [2.75, 3.05) is 12.3 Å². The van der Waals surface area contributed by atoms with E-state index in [9.17, 15) is 8.42 Å². The standard InChI is InChI=1S/C15H24N2O2S/c16-15-10-4-3-9-14(15)12-20(18,19)17-11-5-8-13-6-1-2-7-13/h3-4,9-10,13,17H,1-2,5-8,11-12,16H2. The number of hydrogen-bond acceptors (Lipinski definition) is 3. The Kier molecular flexibility index (Phi) is 5.43. The average molecular weight is 296 g/mol. The van der Waals surface area contributed by atoms with E-state index in [1.165, 1.54) is 25.7 Å². The number of nitrogens with one attached hydrogen (secondary N) is 1. The van der Waals surface area contributed by atoms with E-state index in [4.69, 9.17) is 5.73 Å². The summed E-state index contributed by atoms with van der Waals surface area (Å²) in [5.41, 5.74) is 6.97. The minimum Gasteiger partial charge on any atom is -0.398 e. The van der Waals surface area contributed by atoms with Crippen molar-refractivity contribution >= 4 is 15.7 Å². The van der Waals surface area contributed by atoms with Crippen LogP contribution in [-0.4, -0.2) is 15.0 Å². The highest BCUT2D eigenvalue weighted by molar-refractivity contribution is 7.88. The van der Waals surface area contributed by atoms with Gasteiger partial charge in [0, 0.05) is 12.2 Å². The fourth-order valence-electron chi connectivity index (χ4n) is 2.84. The predicted octanol–water partition coefficient (Wildman–Crippen LogP) is 2.66. The second kappa shape index (κ2) is 7.09. The highest BCUT2D eigenvalue weighted by Gasteiger charge is 2.16.